The number of nitrogens with zero attached hydrogens (tertiary/aromatic N) is 2. The highest BCUT2D eigenvalue weighted by Crippen LogP contribution is 2.34. The van der Waals surface area contributed by atoms with Gasteiger partial charge in [0.25, 0.3) is 0 Å². The predicted octanol–water partition coefficient (Wildman–Crippen LogP) is 3.75. The van der Waals surface area contributed by atoms with E-state index in [2.05, 4.69) is 9.84 Å². The number of aromatic nitrogens is 2. The summed E-state index contributed by atoms with van der Waals surface area (Å²) in [7, 11) is 0. The number of nitrogen functional groups attached to an aromatic ring is 1. The van der Waals surface area contributed by atoms with Crippen molar-refractivity contribution in [3.8, 4) is 17.0 Å². The quantitative estimate of drug-likeness (QED) is 0.935. The average molecular weight is 311 g/mol. The first kappa shape index (κ1) is 14.7. The Kier molecular flexibility index (Phi) is 3.50. The summed E-state index contributed by atoms with van der Waals surface area (Å²) in [6, 6.07) is 5.66. The topological polar surface area (TPSA) is 53.1 Å². The third-order valence-electron chi connectivity index (χ3n) is 3.73. The number of hydrogen-bond acceptors (Lipinski definition) is 3. The van der Waals surface area contributed by atoms with Crippen molar-refractivity contribution in [2.24, 2.45) is 5.92 Å². The Bertz CT molecular complexity index is 673. The summed E-state index contributed by atoms with van der Waals surface area (Å²) in [6.07, 6.45) is -2.30. The Hall–Kier alpha value is -2.18. The van der Waals surface area contributed by atoms with Gasteiger partial charge in [-0.2, -0.15) is 5.10 Å². The molecule has 2 N–H and O–H groups in total. The van der Waals surface area contributed by atoms with Gasteiger partial charge in [-0.15, -0.1) is 13.2 Å². The summed E-state index contributed by atoms with van der Waals surface area (Å²) < 4.78 is 42.1. The number of alkyl halides is 3. The van der Waals surface area contributed by atoms with Gasteiger partial charge in [-0.05, 0) is 49.9 Å². The second kappa shape index (κ2) is 5.23. The zero-order valence-corrected chi connectivity index (χ0v) is 12.0. The van der Waals surface area contributed by atoms with Crippen LogP contribution in [0.1, 0.15) is 18.4 Å². The van der Waals surface area contributed by atoms with Gasteiger partial charge in [0.1, 0.15) is 11.6 Å². The molecule has 2 aromatic rings. The van der Waals surface area contributed by atoms with Crippen LogP contribution >= 0.6 is 0 Å². The number of ether oxygens (including phenoxy) is 1. The number of hydrogen-bond donors (Lipinski definition) is 1. The Morgan fingerprint density at radius 3 is 2.45 bits per heavy atom. The van der Waals surface area contributed by atoms with Crippen LogP contribution in [0.4, 0.5) is 19.0 Å². The molecule has 3 rings (SSSR count). The maximum Gasteiger partial charge on any atom is 0.573 e. The fourth-order valence-corrected chi connectivity index (χ4v) is 2.34. The van der Waals surface area contributed by atoms with Crippen LogP contribution in [-0.4, -0.2) is 16.1 Å². The highest BCUT2D eigenvalue weighted by Gasteiger charge is 2.31. The molecule has 1 aromatic carbocycles. The molecular formula is C15H16F3N3O. The van der Waals surface area contributed by atoms with E-state index in [1.54, 1.807) is 16.8 Å². The summed E-state index contributed by atoms with van der Waals surface area (Å²) in [5.74, 6) is 0.994. The molecule has 1 heterocycles. The zero-order valence-electron chi connectivity index (χ0n) is 12.0. The van der Waals surface area contributed by atoms with Crippen LogP contribution in [0.3, 0.4) is 0 Å². The van der Waals surface area contributed by atoms with Crippen LogP contribution in [0.2, 0.25) is 0 Å². The molecule has 0 unspecified atom stereocenters. The lowest BCUT2D eigenvalue weighted by Crippen LogP contribution is -2.16. The molecule has 0 amide bonds. The minimum atomic E-state index is -4.69. The van der Waals surface area contributed by atoms with Crippen molar-refractivity contribution < 1.29 is 17.9 Å². The predicted molar refractivity (Wildman–Crippen MR) is 76.2 cm³/mol. The molecule has 0 atom stereocenters. The lowest BCUT2D eigenvalue weighted by atomic mass is 10.1. The average Bonchev–Trinajstić information content (AvgIpc) is 3.20. The first-order valence-corrected chi connectivity index (χ1v) is 7.02. The smallest absolute Gasteiger partial charge is 0.406 e. The SMILES string of the molecule is Cc1c(-c2ccc(OC(F)(F)F)cc2)nn(CC2CC2)c1N. The van der Waals surface area contributed by atoms with E-state index in [-0.39, 0.29) is 5.75 Å². The summed E-state index contributed by atoms with van der Waals surface area (Å²) in [6.45, 7) is 2.66. The van der Waals surface area contributed by atoms with Gasteiger partial charge in [-0.25, -0.2) is 4.68 Å². The monoisotopic (exact) mass is 311 g/mol. The lowest BCUT2D eigenvalue weighted by molar-refractivity contribution is -0.274. The molecule has 0 radical (unpaired) electrons. The number of halogens is 3. The van der Waals surface area contributed by atoms with Crippen molar-refractivity contribution in [1.82, 2.24) is 9.78 Å². The fourth-order valence-electron chi connectivity index (χ4n) is 2.34. The van der Waals surface area contributed by atoms with Crippen molar-refractivity contribution >= 4 is 5.82 Å². The first-order valence-electron chi connectivity index (χ1n) is 7.02. The van der Waals surface area contributed by atoms with Crippen LogP contribution in [0.5, 0.6) is 5.75 Å². The molecule has 1 aliphatic rings. The normalized spacial score (nSPS) is 15.1. The van der Waals surface area contributed by atoms with Crippen molar-refractivity contribution in [2.45, 2.75) is 32.7 Å². The summed E-state index contributed by atoms with van der Waals surface area (Å²) in [4.78, 5) is 0. The molecule has 1 aliphatic carbocycles. The van der Waals surface area contributed by atoms with Crippen LogP contribution < -0.4 is 10.5 Å². The van der Waals surface area contributed by atoms with Crippen LogP contribution in [-0.2, 0) is 6.54 Å². The van der Waals surface area contributed by atoms with Crippen molar-refractivity contribution in [2.75, 3.05) is 5.73 Å². The molecule has 1 fully saturated rings. The van der Waals surface area contributed by atoms with Gasteiger partial charge in [-0.1, -0.05) is 0 Å². The second-order valence-electron chi connectivity index (χ2n) is 5.56. The van der Waals surface area contributed by atoms with E-state index < -0.39 is 6.36 Å². The van der Waals surface area contributed by atoms with Gasteiger partial charge >= 0.3 is 6.36 Å². The van der Waals surface area contributed by atoms with Gasteiger partial charge in [0.05, 0.1) is 5.69 Å². The van der Waals surface area contributed by atoms with E-state index in [1.807, 2.05) is 6.92 Å². The van der Waals surface area contributed by atoms with Gasteiger partial charge in [-0.3, -0.25) is 0 Å². The molecule has 118 valence electrons. The van der Waals surface area contributed by atoms with E-state index in [4.69, 9.17) is 5.73 Å². The Balaban J connectivity index is 1.84. The summed E-state index contributed by atoms with van der Waals surface area (Å²) in [5.41, 5.74) is 8.30. The summed E-state index contributed by atoms with van der Waals surface area (Å²) >= 11 is 0. The van der Waals surface area contributed by atoms with E-state index >= 15 is 0 Å². The minimum Gasteiger partial charge on any atom is -0.406 e. The van der Waals surface area contributed by atoms with E-state index in [0.717, 1.165) is 12.1 Å². The fraction of sp³-hybridized carbons (Fsp3) is 0.400. The molecule has 1 saturated carbocycles. The van der Waals surface area contributed by atoms with Crippen molar-refractivity contribution in [3.05, 3.63) is 29.8 Å². The number of rotatable bonds is 4. The van der Waals surface area contributed by atoms with E-state index in [0.29, 0.717) is 23.0 Å². The zero-order chi connectivity index (χ0) is 15.9. The van der Waals surface area contributed by atoms with Crippen LogP contribution in [0.15, 0.2) is 24.3 Å². The van der Waals surface area contributed by atoms with E-state index in [1.165, 1.54) is 25.0 Å². The Morgan fingerprint density at radius 2 is 1.91 bits per heavy atom. The highest BCUT2D eigenvalue weighted by molar-refractivity contribution is 5.68. The largest absolute Gasteiger partial charge is 0.573 e. The van der Waals surface area contributed by atoms with E-state index in [9.17, 15) is 13.2 Å². The van der Waals surface area contributed by atoms with Gasteiger partial charge in [0, 0.05) is 17.7 Å². The van der Waals surface area contributed by atoms with Crippen LogP contribution in [0.25, 0.3) is 11.3 Å². The molecule has 1 aromatic heterocycles. The van der Waals surface area contributed by atoms with Gasteiger partial charge in [0.15, 0.2) is 0 Å². The van der Waals surface area contributed by atoms with Crippen molar-refractivity contribution in [1.29, 1.82) is 0 Å². The van der Waals surface area contributed by atoms with Gasteiger partial charge < -0.3 is 10.5 Å². The molecule has 7 heteroatoms. The molecule has 0 saturated heterocycles. The maximum atomic E-state index is 12.2. The molecule has 0 aliphatic heterocycles. The summed E-state index contributed by atoms with van der Waals surface area (Å²) in [5, 5.41) is 4.49. The number of anilines is 1. The number of nitrogens with two attached hydrogens (primary N) is 1. The molecule has 0 bridgehead atoms. The molecule has 0 spiro atoms. The van der Waals surface area contributed by atoms with Gasteiger partial charge in [0.2, 0.25) is 0 Å². The molecule has 22 heavy (non-hydrogen) atoms. The maximum absolute atomic E-state index is 12.2. The molecular weight excluding hydrogens is 295 g/mol. The standard InChI is InChI=1S/C15H16F3N3O/c1-9-13(20-21(14(9)19)8-10-2-3-10)11-4-6-12(7-5-11)22-15(16,17)18/h4-7,10H,2-3,8,19H2,1H3. The Morgan fingerprint density at radius 1 is 1.27 bits per heavy atom. The minimum absolute atomic E-state index is 0.251. The molecule has 4 nitrogen and oxygen atoms in total. The van der Waals surface area contributed by atoms with Crippen molar-refractivity contribution in [3.63, 3.8) is 0 Å². The highest BCUT2D eigenvalue weighted by atomic mass is 19.4. The van der Waals surface area contributed by atoms with Crippen LogP contribution in [0, 0.1) is 12.8 Å². The number of benzene rings is 1. The second-order valence-corrected chi connectivity index (χ2v) is 5.56. The lowest BCUT2D eigenvalue weighted by Gasteiger charge is -2.08. The third-order valence-corrected chi connectivity index (χ3v) is 3.73. The Labute approximate surface area is 125 Å². The third kappa shape index (κ3) is 3.18. The first-order chi connectivity index (χ1) is 10.3.